The van der Waals surface area contributed by atoms with Crippen LogP contribution in [0.4, 0.5) is 0 Å². The van der Waals surface area contributed by atoms with Crippen molar-refractivity contribution < 1.29 is 23.1 Å². The van der Waals surface area contributed by atoms with E-state index in [1.165, 1.54) is 24.3 Å². The first kappa shape index (κ1) is 21.1. The van der Waals surface area contributed by atoms with Crippen LogP contribution in [0, 0.1) is 5.92 Å². The number of carbonyl (C=O) groups excluding carboxylic acids is 1. The molecule has 1 amide bonds. The lowest BCUT2D eigenvalue weighted by molar-refractivity contribution is -0.139. The smallest absolute Gasteiger partial charge is 0.321 e. The third-order valence-electron chi connectivity index (χ3n) is 3.76. The second kappa shape index (κ2) is 8.96. The minimum absolute atomic E-state index is 0.0258. The molecule has 1 rings (SSSR count). The number of nitrogens with one attached hydrogen (secondary N) is 1. The second-order valence-electron chi connectivity index (χ2n) is 6.14. The first-order valence-corrected chi connectivity index (χ1v) is 9.75. The molecule has 140 valence electrons. The molecular weight excluding hydrogens is 344 g/mol. The van der Waals surface area contributed by atoms with E-state index < -0.39 is 22.0 Å². The summed E-state index contributed by atoms with van der Waals surface area (Å²) in [7, 11) is -3.98. The molecule has 0 spiro atoms. The molecule has 0 saturated carbocycles. The number of rotatable bonds is 9. The Hall–Kier alpha value is -1.93. The molecule has 0 aromatic heterocycles. The number of benzene rings is 1. The molecule has 2 N–H and O–H groups in total. The van der Waals surface area contributed by atoms with Gasteiger partial charge in [0.1, 0.15) is 6.04 Å². The Morgan fingerprint density at radius 1 is 1.12 bits per heavy atom. The molecule has 0 unspecified atom stereocenters. The minimum Gasteiger partial charge on any atom is -0.480 e. The topological polar surface area (TPSA) is 104 Å². The van der Waals surface area contributed by atoms with Crippen molar-refractivity contribution in [2.45, 2.75) is 45.1 Å². The summed E-state index contributed by atoms with van der Waals surface area (Å²) in [6.45, 7) is 8.49. The predicted molar refractivity (Wildman–Crippen MR) is 94.9 cm³/mol. The Bertz CT molecular complexity index is 694. The van der Waals surface area contributed by atoms with Gasteiger partial charge in [0.05, 0.1) is 4.90 Å². The largest absolute Gasteiger partial charge is 0.480 e. The highest BCUT2D eigenvalue weighted by molar-refractivity contribution is 7.89. The second-order valence-corrected chi connectivity index (χ2v) is 7.86. The van der Waals surface area contributed by atoms with E-state index in [1.807, 2.05) is 27.7 Å². The molecule has 8 heteroatoms. The molecule has 0 aliphatic heterocycles. The Balaban J connectivity index is 2.99. The van der Waals surface area contributed by atoms with Gasteiger partial charge in [-0.15, -0.1) is 0 Å². The number of nitrogens with zero attached hydrogens (tertiary/aromatic N) is 1. The van der Waals surface area contributed by atoms with Crippen LogP contribution < -0.4 is 4.72 Å². The molecule has 0 radical (unpaired) electrons. The molecule has 1 aromatic carbocycles. The monoisotopic (exact) mass is 370 g/mol. The van der Waals surface area contributed by atoms with Gasteiger partial charge in [-0.1, -0.05) is 13.8 Å². The van der Waals surface area contributed by atoms with Crippen molar-refractivity contribution in [1.82, 2.24) is 9.62 Å². The standard InChI is InChI=1S/C17H26N2O5S/c1-5-19(6-2)16(20)13-7-9-14(10-8-13)25(23,24)18-15(17(21)22)11-12(3)4/h7-10,12,15,18H,5-6,11H2,1-4H3,(H,21,22)/t15-/m0/s1. The summed E-state index contributed by atoms with van der Waals surface area (Å²) in [5.74, 6) is -1.37. The molecule has 0 fully saturated rings. The van der Waals surface area contributed by atoms with Crippen molar-refractivity contribution in [2.75, 3.05) is 13.1 Å². The SMILES string of the molecule is CCN(CC)C(=O)c1ccc(S(=O)(=O)N[C@@H](CC(C)C)C(=O)O)cc1. The van der Waals surface area contributed by atoms with E-state index in [1.54, 1.807) is 4.90 Å². The fourth-order valence-electron chi connectivity index (χ4n) is 2.40. The molecular formula is C17H26N2O5S. The maximum absolute atomic E-state index is 12.4. The van der Waals surface area contributed by atoms with E-state index in [4.69, 9.17) is 0 Å². The van der Waals surface area contributed by atoms with Gasteiger partial charge in [0.25, 0.3) is 5.91 Å². The Kier molecular flexibility index (Phi) is 7.57. The van der Waals surface area contributed by atoms with Crippen molar-refractivity contribution in [3.05, 3.63) is 29.8 Å². The van der Waals surface area contributed by atoms with Gasteiger partial charge in [0.2, 0.25) is 10.0 Å². The van der Waals surface area contributed by atoms with Crippen molar-refractivity contribution >= 4 is 21.9 Å². The van der Waals surface area contributed by atoms with Crippen LogP contribution in [0.25, 0.3) is 0 Å². The summed E-state index contributed by atoms with van der Waals surface area (Å²) >= 11 is 0. The zero-order chi connectivity index (χ0) is 19.2. The average Bonchev–Trinajstić information content (AvgIpc) is 2.54. The maximum Gasteiger partial charge on any atom is 0.321 e. The Labute approximate surface area is 149 Å². The van der Waals surface area contributed by atoms with Crippen LogP contribution in [-0.2, 0) is 14.8 Å². The van der Waals surface area contributed by atoms with Crippen molar-refractivity contribution in [2.24, 2.45) is 5.92 Å². The molecule has 25 heavy (non-hydrogen) atoms. The summed E-state index contributed by atoms with van der Waals surface area (Å²) in [5, 5.41) is 9.19. The van der Waals surface area contributed by atoms with Crippen LogP contribution in [0.15, 0.2) is 29.2 Å². The molecule has 0 bridgehead atoms. The Morgan fingerprint density at radius 3 is 2.04 bits per heavy atom. The number of sulfonamides is 1. The van der Waals surface area contributed by atoms with Gasteiger partial charge in [0, 0.05) is 18.7 Å². The lowest BCUT2D eigenvalue weighted by Crippen LogP contribution is -2.41. The molecule has 1 atom stereocenters. The van der Waals surface area contributed by atoms with Crippen LogP contribution >= 0.6 is 0 Å². The predicted octanol–water partition coefficient (Wildman–Crippen LogP) is 1.95. The normalized spacial score (nSPS) is 12.8. The fraction of sp³-hybridized carbons (Fsp3) is 0.529. The van der Waals surface area contributed by atoms with Gasteiger partial charge in [-0.05, 0) is 50.5 Å². The van der Waals surface area contributed by atoms with Gasteiger partial charge in [-0.25, -0.2) is 8.42 Å². The van der Waals surface area contributed by atoms with Gasteiger partial charge in [0.15, 0.2) is 0 Å². The van der Waals surface area contributed by atoms with Crippen LogP contribution in [-0.4, -0.2) is 49.4 Å². The first-order valence-electron chi connectivity index (χ1n) is 8.26. The Morgan fingerprint density at radius 2 is 1.64 bits per heavy atom. The quantitative estimate of drug-likeness (QED) is 0.691. The van der Waals surface area contributed by atoms with Gasteiger partial charge in [-0.3, -0.25) is 9.59 Å². The molecule has 0 aliphatic rings. The fourth-order valence-corrected chi connectivity index (χ4v) is 3.60. The van der Waals surface area contributed by atoms with E-state index >= 15 is 0 Å². The van der Waals surface area contributed by atoms with E-state index in [-0.39, 0.29) is 23.1 Å². The lowest BCUT2D eigenvalue weighted by atomic mass is 10.1. The molecule has 0 heterocycles. The van der Waals surface area contributed by atoms with Gasteiger partial charge < -0.3 is 10.0 Å². The van der Waals surface area contributed by atoms with E-state index in [9.17, 15) is 23.1 Å². The number of amides is 1. The molecule has 0 aliphatic carbocycles. The van der Waals surface area contributed by atoms with Crippen LogP contribution in [0.2, 0.25) is 0 Å². The van der Waals surface area contributed by atoms with E-state index in [0.717, 1.165) is 0 Å². The number of hydrogen-bond acceptors (Lipinski definition) is 4. The van der Waals surface area contributed by atoms with Crippen LogP contribution in [0.3, 0.4) is 0 Å². The van der Waals surface area contributed by atoms with Crippen LogP contribution in [0.5, 0.6) is 0 Å². The number of carboxylic acids is 1. The van der Waals surface area contributed by atoms with Crippen molar-refractivity contribution in [3.63, 3.8) is 0 Å². The zero-order valence-corrected chi connectivity index (χ0v) is 15.8. The summed E-state index contributed by atoms with van der Waals surface area (Å²) in [6, 6.07) is 4.31. The highest BCUT2D eigenvalue weighted by atomic mass is 32.2. The third kappa shape index (κ3) is 5.82. The van der Waals surface area contributed by atoms with E-state index in [0.29, 0.717) is 18.7 Å². The molecule has 0 saturated heterocycles. The van der Waals surface area contributed by atoms with E-state index in [2.05, 4.69) is 4.72 Å². The lowest BCUT2D eigenvalue weighted by Gasteiger charge is -2.19. The van der Waals surface area contributed by atoms with Gasteiger partial charge in [-0.2, -0.15) is 4.72 Å². The molecule has 7 nitrogen and oxygen atoms in total. The maximum atomic E-state index is 12.4. The number of carbonyl (C=O) groups is 2. The van der Waals surface area contributed by atoms with Gasteiger partial charge >= 0.3 is 5.97 Å². The third-order valence-corrected chi connectivity index (χ3v) is 5.25. The summed E-state index contributed by atoms with van der Waals surface area (Å²) in [4.78, 5) is 25.0. The number of aliphatic carboxylic acids is 1. The summed E-state index contributed by atoms with van der Waals surface area (Å²) in [5.41, 5.74) is 0.389. The highest BCUT2D eigenvalue weighted by Crippen LogP contribution is 2.15. The molecule has 1 aromatic rings. The van der Waals surface area contributed by atoms with Crippen molar-refractivity contribution in [3.8, 4) is 0 Å². The zero-order valence-electron chi connectivity index (χ0n) is 15.0. The highest BCUT2D eigenvalue weighted by Gasteiger charge is 2.26. The summed E-state index contributed by atoms with van der Waals surface area (Å²) in [6.07, 6.45) is 0.188. The number of carboxylic acid groups (broad SMARTS) is 1. The van der Waals surface area contributed by atoms with Crippen LogP contribution in [0.1, 0.15) is 44.5 Å². The minimum atomic E-state index is -3.98. The van der Waals surface area contributed by atoms with Crippen molar-refractivity contribution in [1.29, 1.82) is 0 Å². The number of hydrogen-bond donors (Lipinski definition) is 2. The average molecular weight is 370 g/mol. The summed E-state index contributed by atoms with van der Waals surface area (Å²) < 4.78 is 27.0. The first-order chi connectivity index (χ1) is 11.6.